The van der Waals surface area contributed by atoms with Crippen LogP contribution in [0.3, 0.4) is 0 Å². The smallest absolute Gasteiger partial charge is 0.157 e. The van der Waals surface area contributed by atoms with Crippen LogP contribution in [-0.4, -0.2) is 23.1 Å². The highest BCUT2D eigenvalue weighted by molar-refractivity contribution is 5.75. The second-order valence-electron chi connectivity index (χ2n) is 9.92. The van der Waals surface area contributed by atoms with Crippen molar-refractivity contribution in [3.63, 3.8) is 0 Å². The van der Waals surface area contributed by atoms with Gasteiger partial charge in [-0.05, 0) is 24.0 Å². The first-order chi connectivity index (χ1) is 16.8. The van der Waals surface area contributed by atoms with Crippen LogP contribution in [0.5, 0.6) is 0 Å². The topological polar surface area (TPSA) is 67.1 Å². The molecule has 3 N–H and O–H groups in total. The van der Waals surface area contributed by atoms with E-state index in [4.69, 9.17) is 5.73 Å². The molecule has 5 heteroatoms. The molecule has 0 aliphatic carbocycles. The molecule has 0 unspecified atom stereocenters. The lowest BCUT2D eigenvalue weighted by molar-refractivity contribution is 0.537. The molecule has 5 nitrogen and oxygen atoms in total. The van der Waals surface area contributed by atoms with Gasteiger partial charge >= 0.3 is 0 Å². The summed E-state index contributed by atoms with van der Waals surface area (Å²) in [6.45, 7) is 5.00. The highest BCUT2D eigenvalue weighted by Gasteiger charge is 2.20. The Labute approximate surface area is 208 Å². The molecule has 0 radical (unpaired) electrons. The molecule has 2 aromatic rings. The lowest BCUT2D eigenvalue weighted by Crippen LogP contribution is -2.31. The monoisotopic (exact) mass is 465 g/mol. The fourth-order valence-corrected chi connectivity index (χ4v) is 4.98. The number of nitrogens with zero attached hydrogens (tertiary/aromatic N) is 3. The molecule has 0 saturated carbocycles. The molecule has 0 saturated heterocycles. The van der Waals surface area contributed by atoms with Gasteiger partial charge in [0, 0.05) is 19.6 Å². The SMILES string of the molecule is CCCCCCCCCCCCCCCCNc1ncnc(N2CCc3ccccc3C2)c1N. The summed E-state index contributed by atoms with van der Waals surface area (Å²) < 4.78 is 0. The lowest BCUT2D eigenvalue weighted by atomic mass is 10.00. The number of benzene rings is 1. The van der Waals surface area contributed by atoms with Gasteiger partial charge in [-0.3, -0.25) is 0 Å². The summed E-state index contributed by atoms with van der Waals surface area (Å²) in [5, 5.41) is 3.45. The Hall–Kier alpha value is -2.30. The van der Waals surface area contributed by atoms with Crippen LogP contribution in [0.4, 0.5) is 17.3 Å². The van der Waals surface area contributed by atoms with Crippen LogP contribution in [0.1, 0.15) is 108 Å². The van der Waals surface area contributed by atoms with Gasteiger partial charge < -0.3 is 16.0 Å². The molecule has 0 bridgehead atoms. The van der Waals surface area contributed by atoms with E-state index >= 15 is 0 Å². The van der Waals surface area contributed by atoms with E-state index in [2.05, 4.69) is 51.4 Å². The van der Waals surface area contributed by atoms with Crippen LogP contribution in [0.15, 0.2) is 30.6 Å². The van der Waals surface area contributed by atoms with Gasteiger partial charge in [-0.1, -0.05) is 115 Å². The van der Waals surface area contributed by atoms with Crippen LogP contribution in [0.2, 0.25) is 0 Å². The number of fused-ring (bicyclic) bond motifs is 1. The lowest BCUT2D eigenvalue weighted by Gasteiger charge is -2.30. The number of nitrogen functional groups attached to an aromatic ring is 1. The molecule has 0 fully saturated rings. The van der Waals surface area contributed by atoms with Crippen LogP contribution in [0.25, 0.3) is 0 Å². The Kier molecular flexibility index (Phi) is 12.0. The van der Waals surface area contributed by atoms with Gasteiger partial charge in [0.2, 0.25) is 0 Å². The predicted octanol–water partition coefficient (Wildman–Crippen LogP) is 7.51. The van der Waals surface area contributed by atoms with Gasteiger partial charge in [0.05, 0.1) is 0 Å². The van der Waals surface area contributed by atoms with Gasteiger partial charge in [-0.2, -0.15) is 0 Å². The van der Waals surface area contributed by atoms with Crippen LogP contribution < -0.4 is 16.0 Å². The Morgan fingerprint density at radius 3 is 2.03 bits per heavy atom. The maximum Gasteiger partial charge on any atom is 0.157 e. The minimum Gasteiger partial charge on any atom is -0.393 e. The van der Waals surface area contributed by atoms with E-state index in [-0.39, 0.29) is 0 Å². The highest BCUT2D eigenvalue weighted by Crippen LogP contribution is 2.30. The van der Waals surface area contributed by atoms with Gasteiger partial charge in [-0.25, -0.2) is 9.97 Å². The first kappa shape index (κ1) is 26.3. The number of aromatic nitrogens is 2. The summed E-state index contributed by atoms with van der Waals surface area (Å²) in [6.07, 6.45) is 22.0. The summed E-state index contributed by atoms with van der Waals surface area (Å²) in [5.41, 5.74) is 9.94. The van der Waals surface area contributed by atoms with E-state index in [0.717, 1.165) is 44.1 Å². The second kappa shape index (κ2) is 15.6. The van der Waals surface area contributed by atoms with E-state index in [1.807, 2.05) is 0 Å². The van der Waals surface area contributed by atoms with Crippen molar-refractivity contribution in [3.8, 4) is 0 Å². The van der Waals surface area contributed by atoms with E-state index in [1.165, 1.54) is 94.6 Å². The van der Waals surface area contributed by atoms with Gasteiger partial charge in [0.1, 0.15) is 12.0 Å². The molecule has 2 heterocycles. The number of rotatable bonds is 17. The van der Waals surface area contributed by atoms with Crippen LogP contribution in [-0.2, 0) is 13.0 Å². The molecular formula is C29H47N5. The fourth-order valence-electron chi connectivity index (χ4n) is 4.98. The zero-order valence-electron chi connectivity index (χ0n) is 21.5. The predicted molar refractivity (Wildman–Crippen MR) is 146 cm³/mol. The van der Waals surface area contributed by atoms with E-state index in [1.54, 1.807) is 6.33 Å². The summed E-state index contributed by atoms with van der Waals surface area (Å²) >= 11 is 0. The van der Waals surface area contributed by atoms with Crippen molar-refractivity contribution in [1.29, 1.82) is 0 Å². The van der Waals surface area contributed by atoms with Crippen molar-refractivity contribution >= 4 is 17.3 Å². The number of hydrogen-bond donors (Lipinski definition) is 2. The third-order valence-corrected chi connectivity index (χ3v) is 7.12. The number of unbranched alkanes of at least 4 members (excludes halogenated alkanes) is 13. The summed E-state index contributed by atoms with van der Waals surface area (Å²) in [6, 6.07) is 8.65. The van der Waals surface area contributed by atoms with E-state index < -0.39 is 0 Å². The largest absolute Gasteiger partial charge is 0.393 e. The van der Waals surface area contributed by atoms with Gasteiger partial charge in [-0.15, -0.1) is 0 Å². The van der Waals surface area contributed by atoms with Gasteiger partial charge in [0.15, 0.2) is 11.6 Å². The summed E-state index contributed by atoms with van der Waals surface area (Å²) in [7, 11) is 0. The third kappa shape index (κ3) is 8.81. The molecule has 1 aliphatic rings. The zero-order valence-corrected chi connectivity index (χ0v) is 21.5. The molecule has 1 aromatic carbocycles. The van der Waals surface area contributed by atoms with Crippen LogP contribution >= 0.6 is 0 Å². The van der Waals surface area contributed by atoms with E-state index in [9.17, 15) is 0 Å². The average molecular weight is 466 g/mol. The Morgan fingerprint density at radius 2 is 1.38 bits per heavy atom. The molecule has 0 atom stereocenters. The third-order valence-electron chi connectivity index (χ3n) is 7.12. The second-order valence-corrected chi connectivity index (χ2v) is 9.92. The Balaban J connectivity index is 1.24. The van der Waals surface area contributed by atoms with Gasteiger partial charge in [0.25, 0.3) is 0 Å². The number of nitrogens with one attached hydrogen (secondary N) is 1. The molecule has 1 aromatic heterocycles. The first-order valence-corrected chi connectivity index (χ1v) is 14.0. The zero-order chi connectivity index (χ0) is 23.8. The number of anilines is 3. The normalized spacial score (nSPS) is 13.1. The van der Waals surface area contributed by atoms with Crippen molar-refractivity contribution in [2.45, 2.75) is 110 Å². The summed E-state index contributed by atoms with van der Waals surface area (Å²) in [5.74, 6) is 1.63. The van der Waals surface area contributed by atoms with Crippen molar-refractivity contribution in [3.05, 3.63) is 41.7 Å². The quantitative estimate of drug-likeness (QED) is 0.237. The van der Waals surface area contributed by atoms with Crippen molar-refractivity contribution in [2.24, 2.45) is 0 Å². The molecule has 3 rings (SSSR count). The van der Waals surface area contributed by atoms with Crippen molar-refractivity contribution < 1.29 is 0 Å². The number of hydrogen-bond acceptors (Lipinski definition) is 5. The molecule has 34 heavy (non-hydrogen) atoms. The van der Waals surface area contributed by atoms with E-state index in [0.29, 0.717) is 5.69 Å². The standard InChI is InChI=1S/C29H47N5/c1-2-3-4-5-6-7-8-9-10-11-12-13-14-17-21-31-28-27(30)29(33-24-32-28)34-22-20-25-18-15-16-19-26(25)23-34/h15-16,18-19,24H,2-14,17,20-23,30H2,1H3,(H,31,32,33). The number of nitrogens with two attached hydrogens (primary N) is 1. The minimum atomic E-state index is 0.673. The highest BCUT2D eigenvalue weighted by atomic mass is 15.2. The molecule has 1 aliphatic heterocycles. The molecule has 0 amide bonds. The van der Waals surface area contributed by atoms with Crippen molar-refractivity contribution in [1.82, 2.24) is 9.97 Å². The first-order valence-electron chi connectivity index (χ1n) is 14.0. The molecule has 188 valence electrons. The average Bonchev–Trinajstić information content (AvgIpc) is 2.87. The van der Waals surface area contributed by atoms with Crippen LogP contribution in [0, 0.1) is 0 Å². The van der Waals surface area contributed by atoms with Crippen molar-refractivity contribution in [2.75, 3.05) is 29.0 Å². The maximum atomic E-state index is 6.47. The molecular weight excluding hydrogens is 418 g/mol. The summed E-state index contributed by atoms with van der Waals surface area (Å²) in [4.78, 5) is 11.2. The Bertz CT molecular complexity index is 822. The Morgan fingerprint density at radius 1 is 0.794 bits per heavy atom. The molecule has 0 spiro atoms. The minimum absolute atomic E-state index is 0.673. The maximum absolute atomic E-state index is 6.47. The fraction of sp³-hybridized carbons (Fsp3) is 0.655.